The second kappa shape index (κ2) is 10.1. The maximum absolute atomic E-state index is 13.1. The number of aryl methyl sites for hydroxylation is 1. The summed E-state index contributed by atoms with van der Waals surface area (Å²) in [5.74, 6) is 0.456. The molecular formula is C22H33N5O3S. The zero-order valence-corrected chi connectivity index (χ0v) is 19.2. The number of rotatable bonds is 7. The van der Waals surface area contributed by atoms with Gasteiger partial charge < -0.3 is 14.7 Å². The van der Waals surface area contributed by atoms with Crippen LogP contribution >= 0.6 is 11.3 Å². The lowest BCUT2D eigenvalue weighted by atomic mass is 9.95. The van der Waals surface area contributed by atoms with Crippen LogP contribution < -0.4 is 0 Å². The Morgan fingerprint density at radius 2 is 1.81 bits per heavy atom. The van der Waals surface area contributed by atoms with E-state index in [1.807, 2.05) is 21.6 Å². The van der Waals surface area contributed by atoms with Crippen molar-refractivity contribution in [3.63, 3.8) is 0 Å². The van der Waals surface area contributed by atoms with Gasteiger partial charge in [0.05, 0.1) is 16.6 Å². The van der Waals surface area contributed by atoms with Crippen molar-refractivity contribution in [3.05, 3.63) is 16.1 Å². The number of carbonyl (C=O) groups excluding carboxylic acids is 3. The normalized spacial score (nSPS) is 23.1. The van der Waals surface area contributed by atoms with E-state index in [0.717, 1.165) is 62.8 Å². The summed E-state index contributed by atoms with van der Waals surface area (Å²) in [6.45, 7) is 8.77. The minimum Gasteiger partial charge on any atom is -0.343 e. The standard InChI is InChI=1S/C22H33N5O3S/c1-17-23-19(16-31-17)15-24-10-12-26(13-11-24)22(30)18-5-6-21(29)27(14-18)9-3-8-25-7-2-4-20(25)28/h16,18H,2-15H2,1H3/t18-/m1/s1. The molecule has 3 fully saturated rings. The zero-order valence-electron chi connectivity index (χ0n) is 18.4. The Hall–Kier alpha value is -2.00. The van der Waals surface area contributed by atoms with Gasteiger partial charge in [0.15, 0.2) is 0 Å². The van der Waals surface area contributed by atoms with E-state index in [9.17, 15) is 14.4 Å². The van der Waals surface area contributed by atoms with Crippen molar-refractivity contribution in [2.45, 2.75) is 45.6 Å². The lowest BCUT2D eigenvalue weighted by Gasteiger charge is -2.39. The Kier molecular flexibility index (Phi) is 7.22. The fraction of sp³-hybridized carbons (Fsp3) is 0.727. The molecule has 3 saturated heterocycles. The average molecular weight is 448 g/mol. The molecule has 0 spiro atoms. The van der Waals surface area contributed by atoms with Crippen molar-refractivity contribution in [1.82, 2.24) is 24.6 Å². The molecule has 1 aromatic rings. The summed E-state index contributed by atoms with van der Waals surface area (Å²) in [6, 6.07) is 0. The number of likely N-dealkylation sites (tertiary alicyclic amines) is 2. The number of thiazole rings is 1. The highest BCUT2D eigenvalue weighted by Gasteiger charge is 2.34. The lowest BCUT2D eigenvalue weighted by Crippen LogP contribution is -2.53. The Morgan fingerprint density at radius 3 is 2.48 bits per heavy atom. The van der Waals surface area contributed by atoms with Crippen LogP contribution in [0.2, 0.25) is 0 Å². The van der Waals surface area contributed by atoms with Crippen LogP contribution in [0.15, 0.2) is 5.38 Å². The van der Waals surface area contributed by atoms with Crippen molar-refractivity contribution in [2.24, 2.45) is 5.92 Å². The minimum absolute atomic E-state index is 0.0983. The van der Waals surface area contributed by atoms with Crippen LogP contribution in [0.1, 0.15) is 42.8 Å². The highest BCUT2D eigenvalue weighted by molar-refractivity contribution is 7.09. The Bertz CT molecular complexity index is 805. The molecule has 3 amide bonds. The average Bonchev–Trinajstić information content (AvgIpc) is 3.37. The van der Waals surface area contributed by atoms with Crippen molar-refractivity contribution >= 4 is 29.1 Å². The van der Waals surface area contributed by atoms with E-state index >= 15 is 0 Å². The molecule has 170 valence electrons. The molecular weight excluding hydrogens is 414 g/mol. The van der Waals surface area contributed by atoms with Gasteiger partial charge in [-0.2, -0.15) is 0 Å². The SMILES string of the molecule is Cc1nc(CN2CCN(C(=O)[C@@H]3CCC(=O)N(CCCN4CCCC4=O)C3)CC2)cs1. The van der Waals surface area contributed by atoms with E-state index in [0.29, 0.717) is 38.9 Å². The van der Waals surface area contributed by atoms with Crippen LogP contribution in [0.3, 0.4) is 0 Å². The predicted molar refractivity (Wildman–Crippen MR) is 118 cm³/mol. The molecule has 0 aliphatic carbocycles. The number of aromatic nitrogens is 1. The van der Waals surface area contributed by atoms with Crippen molar-refractivity contribution in [3.8, 4) is 0 Å². The summed E-state index contributed by atoms with van der Waals surface area (Å²) in [6.07, 6.45) is 3.47. The second-order valence-electron chi connectivity index (χ2n) is 8.87. The van der Waals surface area contributed by atoms with Crippen LogP contribution in [-0.4, -0.2) is 94.7 Å². The fourth-order valence-corrected chi connectivity index (χ4v) is 5.42. The number of amides is 3. The Balaban J connectivity index is 1.22. The molecule has 8 nitrogen and oxygen atoms in total. The maximum Gasteiger partial charge on any atom is 0.227 e. The monoisotopic (exact) mass is 447 g/mol. The van der Waals surface area contributed by atoms with Crippen LogP contribution in [0, 0.1) is 12.8 Å². The Labute approximate surface area is 188 Å². The van der Waals surface area contributed by atoms with E-state index in [1.165, 1.54) is 0 Å². The number of piperazine rings is 1. The van der Waals surface area contributed by atoms with Gasteiger partial charge in [-0.15, -0.1) is 11.3 Å². The van der Waals surface area contributed by atoms with Gasteiger partial charge in [0.25, 0.3) is 0 Å². The zero-order chi connectivity index (χ0) is 21.8. The van der Waals surface area contributed by atoms with E-state index < -0.39 is 0 Å². The summed E-state index contributed by atoms with van der Waals surface area (Å²) < 4.78 is 0. The molecule has 0 N–H and O–H groups in total. The molecule has 1 aromatic heterocycles. The minimum atomic E-state index is -0.0983. The largest absolute Gasteiger partial charge is 0.343 e. The molecule has 1 atom stereocenters. The van der Waals surface area contributed by atoms with Gasteiger partial charge in [0.1, 0.15) is 0 Å². The van der Waals surface area contributed by atoms with Gasteiger partial charge in [-0.25, -0.2) is 4.98 Å². The highest BCUT2D eigenvalue weighted by Crippen LogP contribution is 2.22. The van der Waals surface area contributed by atoms with Gasteiger partial charge in [0.2, 0.25) is 17.7 Å². The first-order chi connectivity index (χ1) is 15.0. The molecule has 3 aliphatic heterocycles. The first-order valence-corrected chi connectivity index (χ1v) is 12.4. The van der Waals surface area contributed by atoms with Crippen molar-refractivity contribution in [2.75, 3.05) is 52.4 Å². The molecule has 0 unspecified atom stereocenters. The molecule has 0 aromatic carbocycles. The van der Waals surface area contributed by atoms with E-state index in [4.69, 9.17) is 0 Å². The maximum atomic E-state index is 13.1. The second-order valence-corrected chi connectivity index (χ2v) is 9.93. The van der Waals surface area contributed by atoms with Gasteiger partial charge in [-0.1, -0.05) is 0 Å². The van der Waals surface area contributed by atoms with Gasteiger partial charge in [-0.05, 0) is 26.2 Å². The van der Waals surface area contributed by atoms with Crippen LogP contribution in [0.4, 0.5) is 0 Å². The number of hydrogen-bond acceptors (Lipinski definition) is 6. The van der Waals surface area contributed by atoms with Gasteiger partial charge in [-0.3, -0.25) is 19.3 Å². The molecule has 0 radical (unpaired) electrons. The first-order valence-electron chi connectivity index (χ1n) is 11.5. The van der Waals surface area contributed by atoms with Crippen LogP contribution in [0.5, 0.6) is 0 Å². The lowest BCUT2D eigenvalue weighted by molar-refractivity contribution is -0.144. The quantitative estimate of drug-likeness (QED) is 0.631. The Morgan fingerprint density at radius 1 is 1.06 bits per heavy atom. The van der Waals surface area contributed by atoms with Crippen molar-refractivity contribution in [1.29, 1.82) is 0 Å². The summed E-state index contributed by atoms with van der Waals surface area (Å²) in [5.41, 5.74) is 1.11. The van der Waals surface area contributed by atoms with Gasteiger partial charge in [0, 0.05) is 77.1 Å². The number of piperidine rings is 1. The number of carbonyl (C=O) groups is 3. The third-order valence-electron chi connectivity index (χ3n) is 6.61. The third kappa shape index (κ3) is 5.63. The molecule has 31 heavy (non-hydrogen) atoms. The fourth-order valence-electron chi connectivity index (χ4n) is 4.82. The molecule has 9 heteroatoms. The molecule has 4 rings (SSSR count). The first kappa shape index (κ1) is 22.2. The summed E-state index contributed by atoms with van der Waals surface area (Å²) in [7, 11) is 0. The predicted octanol–water partition coefficient (Wildman–Crippen LogP) is 1.35. The topological polar surface area (TPSA) is 77.1 Å². The summed E-state index contributed by atoms with van der Waals surface area (Å²) in [4.78, 5) is 49.8. The van der Waals surface area contributed by atoms with E-state index in [1.54, 1.807) is 11.3 Å². The van der Waals surface area contributed by atoms with Crippen LogP contribution in [-0.2, 0) is 20.9 Å². The van der Waals surface area contributed by atoms with E-state index in [2.05, 4.69) is 15.3 Å². The highest BCUT2D eigenvalue weighted by atomic mass is 32.1. The van der Waals surface area contributed by atoms with Crippen molar-refractivity contribution < 1.29 is 14.4 Å². The van der Waals surface area contributed by atoms with E-state index in [-0.39, 0.29) is 23.6 Å². The smallest absolute Gasteiger partial charge is 0.227 e. The van der Waals surface area contributed by atoms with Gasteiger partial charge >= 0.3 is 0 Å². The number of nitrogens with zero attached hydrogens (tertiary/aromatic N) is 5. The molecule has 0 bridgehead atoms. The molecule has 0 saturated carbocycles. The molecule has 4 heterocycles. The molecule has 3 aliphatic rings. The third-order valence-corrected chi connectivity index (χ3v) is 7.44. The van der Waals surface area contributed by atoms with Crippen LogP contribution in [0.25, 0.3) is 0 Å². The summed E-state index contributed by atoms with van der Waals surface area (Å²) >= 11 is 1.68. The number of hydrogen-bond donors (Lipinski definition) is 0. The summed E-state index contributed by atoms with van der Waals surface area (Å²) in [5, 5.41) is 3.20.